The zero-order valence-corrected chi connectivity index (χ0v) is 15.1. The molecule has 2 aromatic rings. The zero-order valence-electron chi connectivity index (χ0n) is 14.3. The van der Waals surface area contributed by atoms with Gasteiger partial charge >= 0.3 is 0 Å². The van der Waals surface area contributed by atoms with Crippen LogP contribution >= 0.6 is 0 Å². The first-order chi connectivity index (χ1) is 12.2. The molecular formula is C18H19N3O4S. The lowest BCUT2D eigenvalue weighted by Gasteiger charge is -2.06. The van der Waals surface area contributed by atoms with Crippen LogP contribution in [0, 0.1) is 0 Å². The van der Waals surface area contributed by atoms with Crippen molar-refractivity contribution in [1.82, 2.24) is 0 Å². The number of amides is 2. The van der Waals surface area contributed by atoms with E-state index < -0.39 is 10.0 Å². The average molecular weight is 373 g/mol. The number of hydrogen-bond acceptors (Lipinski definition) is 4. The number of anilines is 3. The van der Waals surface area contributed by atoms with Crippen molar-refractivity contribution in [3.63, 3.8) is 0 Å². The van der Waals surface area contributed by atoms with E-state index in [1.165, 1.54) is 13.0 Å². The van der Waals surface area contributed by atoms with Gasteiger partial charge in [-0.15, -0.1) is 0 Å². The summed E-state index contributed by atoms with van der Waals surface area (Å²) in [7, 11) is -3.33. The molecule has 0 aliphatic rings. The van der Waals surface area contributed by atoms with Crippen LogP contribution in [0.1, 0.15) is 12.5 Å². The Kier molecular flexibility index (Phi) is 6.13. The SMILES string of the molecule is CC(=O)Nc1ccc(/C=C/C(=O)Nc2ccc(NS(C)(=O)=O)cc2)cc1. The molecule has 136 valence electrons. The third-order valence-electron chi connectivity index (χ3n) is 3.11. The van der Waals surface area contributed by atoms with Gasteiger partial charge in [-0.25, -0.2) is 8.42 Å². The molecule has 2 aromatic carbocycles. The van der Waals surface area contributed by atoms with Gasteiger partial charge in [-0.1, -0.05) is 12.1 Å². The minimum atomic E-state index is -3.33. The van der Waals surface area contributed by atoms with Crippen molar-refractivity contribution >= 4 is 45.0 Å². The molecule has 0 spiro atoms. The van der Waals surface area contributed by atoms with Gasteiger partial charge in [0.25, 0.3) is 0 Å². The van der Waals surface area contributed by atoms with Gasteiger partial charge in [0.2, 0.25) is 21.8 Å². The summed E-state index contributed by atoms with van der Waals surface area (Å²) in [6, 6.07) is 13.4. The molecule has 0 heterocycles. The molecule has 0 aliphatic heterocycles. The topological polar surface area (TPSA) is 104 Å². The quantitative estimate of drug-likeness (QED) is 0.677. The second-order valence-corrected chi connectivity index (χ2v) is 7.33. The van der Waals surface area contributed by atoms with Crippen LogP contribution in [-0.4, -0.2) is 26.5 Å². The molecule has 2 amide bonds. The van der Waals surface area contributed by atoms with Gasteiger partial charge in [-0.3, -0.25) is 14.3 Å². The van der Waals surface area contributed by atoms with Gasteiger partial charge < -0.3 is 10.6 Å². The Morgan fingerprint density at radius 2 is 1.35 bits per heavy atom. The van der Waals surface area contributed by atoms with E-state index in [4.69, 9.17) is 0 Å². The fraction of sp³-hybridized carbons (Fsp3) is 0.111. The Balaban J connectivity index is 1.93. The number of hydrogen-bond donors (Lipinski definition) is 3. The molecule has 0 atom stereocenters. The Labute approximate surface area is 152 Å². The Morgan fingerprint density at radius 1 is 0.846 bits per heavy atom. The number of sulfonamides is 1. The molecule has 0 saturated heterocycles. The smallest absolute Gasteiger partial charge is 0.248 e. The third kappa shape index (κ3) is 6.78. The average Bonchev–Trinajstić information content (AvgIpc) is 2.54. The monoisotopic (exact) mass is 373 g/mol. The summed E-state index contributed by atoms with van der Waals surface area (Å²) < 4.78 is 24.6. The second kappa shape index (κ2) is 8.30. The van der Waals surface area contributed by atoms with Gasteiger partial charge in [-0.2, -0.15) is 0 Å². The maximum absolute atomic E-state index is 11.9. The minimum absolute atomic E-state index is 0.148. The molecule has 0 saturated carbocycles. The molecule has 8 heteroatoms. The number of benzene rings is 2. The van der Waals surface area contributed by atoms with Crippen LogP contribution in [0.25, 0.3) is 6.08 Å². The Bertz CT molecular complexity index is 918. The molecule has 0 aliphatic carbocycles. The van der Waals surface area contributed by atoms with Crippen molar-refractivity contribution in [3.05, 3.63) is 60.2 Å². The maximum Gasteiger partial charge on any atom is 0.248 e. The van der Waals surface area contributed by atoms with E-state index in [0.717, 1.165) is 11.8 Å². The molecule has 0 aromatic heterocycles. The van der Waals surface area contributed by atoms with Gasteiger partial charge in [0.15, 0.2) is 0 Å². The molecule has 7 nitrogen and oxygen atoms in total. The fourth-order valence-corrected chi connectivity index (χ4v) is 2.64. The van der Waals surface area contributed by atoms with Crippen LogP contribution < -0.4 is 15.4 Å². The van der Waals surface area contributed by atoms with Crippen molar-refractivity contribution in [1.29, 1.82) is 0 Å². The molecule has 0 radical (unpaired) electrons. The highest BCUT2D eigenvalue weighted by molar-refractivity contribution is 7.92. The normalized spacial score (nSPS) is 11.2. The largest absolute Gasteiger partial charge is 0.326 e. The lowest BCUT2D eigenvalue weighted by Crippen LogP contribution is -2.10. The summed E-state index contributed by atoms with van der Waals surface area (Å²) >= 11 is 0. The highest BCUT2D eigenvalue weighted by atomic mass is 32.2. The highest BCUT2D eigenvalue weighted by Crippen LogP contribution is 2.15. The molecule has 0 bridgehead atoms. The number of nitrogens with one attached hydrogen (secondary N) is 3. The summed E-state index contributed by atoms with van der Waals surface area (Å²) in [5.74, 6) is -0.467. The number of carbonyl (C=O) groups is 2. The van der Waals surface area contributed by atoms with Crippen molar-refractivity contribution in [2.75, 3.05) is 21.6 Å². The zero-order chi connectivity index (χ0) is 19.2. The van der Waals surface area contributed by atoms with Crippen LogP contribution in [0.5, 0.6) is 0 Å². The number of rotatable bonds is 6. The molecular weight excluding hydrogens is 354 g/mol. The van der Waals surface area contributed by atoms with Crippen molar-refractivity contribution in [2.24, 2.45) is 0 Å². The molecule has 0 unspecified atom stereocenters. The van der Waals surface area contributed by atoms with Crippen molar-refractivity contribution in [2.45, 2.75) is 6.92 Å². The van der Waals surface area contributed by atoms with Gasteiger partial charge in [0, 0.05) is 30.1 Å². The van der Waals surface area contributed by atoms with Gasteiger partial charge in [0.1, 0.15) is 0 Å². The van der Waals surface area contributed by atoms with Crippen LogP contribution in [0.15, 0.2) is 54.6 Å². The van der Waals surface area contributed by atoms with Crippen LogP contribution in [0.4, 0.5) is 17.1 Å². The van der Waals surface area contributed by atoms with Gasteiger partial charge in [-0.05, 0) is 48.0 Å². The van der Waals surface area contributed by atoms with E-state index in [-0.39, 0.29) is 11.8 Å². The molecule has 3 N–H and O–H groups in total. The van der Waals surface area contributed by atoms with E-state index in [1.807, 2.05) is 0 Å². The first kappa shape index (κ1) is 19.2. The summed E-state index contributed by atoms with van der Waals surface area (Å²) in [4.78, 5) is 22.9. The Morgan fingerprint density at radius 3 is 1.88 bits per heavy atom. The van der Waals surface area contributed by atoms with E-state index in [0.29, 0.717) is 17.1 Å². The Hall–Kier alpha value is -3.13. The summed E-state index contributed by atoms with van der Waals surface area (Å²) in [5.41, 5.74) is 2.45. The molecule has 2 rings (SSSR count). The van der Waals surface area contributed by atoms with Crippen molar-refractivity contribution in [3.8, 4) is 0 Å². The standard InChI is InChI=1S/C18H19N3O4S/c1-13(22)19-15-6-3-14(4-7-15)5-12-18(23)20-16-8-10-17(11-9-16)21-26(2,24)25/h3-12,21H,1-2H3,(H,19,22)(H,20,23)/b12-5+. The minimum Gasteiger partial charge on any atom is -0.326 e. The molecule has 26 heavy (non-hydrogen) atoms. The van der Waals surface area contributed by atoms with Crippen LogP contribution in [-0.2, 0) is 19.6 Å². The first-order valence-corrected chi connectivity index (χ1v) is 9.55. The fourth-order valence-electron chi connectivity index (χ4n) is 2.07. The third-order valence-corrected chi connectivity index (χ3v) is 3.72. The lowest BCUT2D eigenvalue weighted by atomic mass is 10.2. The highest BCUT2D eigenvalue weighted by Gasteiger charge is 2.03. The summed E-state index contributed by atoms with van der Waals surface area (Å²) in [5, 5.41) is 5.34. The lowest BCUT2D eigenvalue weighted by molar-refractivity contribution is -0.114. The predicted molar refractivity (Wildman–Crippen MR) is 103 cm³/mol. The maximum atomic E-state index is 11.9. The summed E-state index contributed by atoms with van der Waals surface area (Å²) in [6.07, 6.45) is 4.10. The van der Waals surface area contributed by atoms with E-state index in [1.54, 1.807) is 54.6 Å². The number of carbonyl (C=O) groups excluding carboxylic acids is 2. The first-order valence-electron chi connectivity index (χ1n) is 7.66. The van der Waals surface area contributed by atoms with Crippen molar-refractivity contribution < 1.29 is 18.0 Å². The van der Waals surface area contributed by atoms with E-state index in [2.05, 4.69) is 15.4 Å². The van der Waals surface area contributed by atoms with E-state index >= 15 is 0 Å². The van der Waals surface area contributed by atoms with Crippen LogP contribution in [0.3, 0.4) is 0 Å². The second-order valence-electron chi connectivity index (χ2n) is 5.58. The van der Waals surface area contributed by atoms with Gasteiger partial charge in [0.05, 0.1) is 6.26 Å². The summed E-state index contributed by atoms with van der Waals surface area (Å²) in [6.45, 7) is 1.43. The van der Waals surface area contributed by atoms with Crippen LogP contribution in [0.2, 0.25) is 0 Å². The predicted octanol–water partition coefficient (Wildman–Crippen LogP) is 2.67. The van der Waals surface area contributed by atoms with E-state index in [9.17, 15) is 18.0 Å². The molecule has 0 fully saturated rings.